The summed E-state index contributed by atoms with van der Waals surface area (Å²) in [5.74, 6) is 0.677. The van der Waals surface area contributed by atoms with E-state index in [1.54, 1.807) is 0 Å². The van der Waals surface area contributed by atoms with Crippen LogP contribution in [0.2, 0.25) is 0 Å². The molecule has 4 heterocycles. The number of hydrogen-bond acceptors (Lipinski definition) is 8. The highest BCUT2D eigenvalue weighted by atomic mass is 32.1. The first-order valence-corrected chi connectivity index (χ1v) is 15.1. The molecule has 12 heteroatoms. The van der Waals surface area contributed by atoms with Crippen LogP contribution in [0.5, 0.6) is 0 Å². The largest absolute Gasteiger partial charge is 0.393 e. The molecule has 8 nitrogen and oxygen atoms in total. The van der Waals surface area contributed by atoms with Crippen LogP contribution in [0.25, 0.3) is 21.1 Å². The number of halogens is 3. The maximum Gasteiger partial charge on any atom is 0.393 e. The van der Waals surface area contributed by atoms with Gasteiger partial charge in [-0.2, -0.15) is 18.4 Å². The van der Waals surface area contributed by atoms with Gasteiger partial charge in [0.1, 0.15) is 29.0 Å². The van der Waals surface area contributed by atoms with Gasteiger partial charge in [0.15, 0.2) is 5.82 Å². The molecule has 0 unspecified atom stereocenters. The molecular formula is C30H36F3N7OS. The lowest BCUT2D eigenvalue weighted by atomic mass is 10.0. The lowest BCUT2D eigenvalue weighted by Crippen LogP contribution is -2.39. The Morgan fingerprint density at radius 3 is 2.62 bits per heavy atom. The average Bonchev–Trinajstić information content (AvgIpc) is 3.53. The van der Waals surface area contributed by atoms with E-state index in [2.05, 4.69) is 68.7 Å². The number of aryl methyl sites for hydroxylation is 1. The highest BCUT2D eigenvalue weighted by Gasteiger charge is 2.29. The third kappa shape index (κ3) is 6.70. The third-order valence-electron chi connectivity index (χ3n) is 8.15. The molecule has 0 radical (unpaired) electrons. The molecule has 42 heavy (non-hydrogen) atoms. The van der Waals surface area contributed by atoms with Gasteiger partial charge in [0.05, 0.1) is 11.8 Å². The van der Waals surface area contributed by atoms with Gasteiger partial charge in [-0.15, -0.1) is 11.3 Å². The van der Waals surface area contributed by atoms with Crippen molar-refractivity contribution in [2.24, 2.45) is 0 Å². The van der Waals surface area contributed by atoms with E-state index in [0.29, 0.717) is 21.7 Å². The number of aromatic nitrogens is 3. The number of piperidine rings is 1. The minimum atomic E-state index is -4.30. The SMILES string of the molecule is CCN(C)CCn1c(C#N)cc2c(C)c(CN3CCC(Nc4nc(CO)nc5sc(CC(F)(F)F)cc45)CC3)ccc21. The summed E-state index contributed by atoms with van der Waals surface area (Å²) in [5, 5.41) is 24.5. The lowest BCUT2D eigenvalue weighted by molar-refractivity contribution is -0.126. The number of rotatable bonds is 10. The molecule has 1 aliphatic rings. The molecule has 0 atom stereocenters. The maximum absolute atomic E-state index is 13.0. The minimum Gasteiger partial charge on any atom is -0.388 e. The van der Waals surface area contributed by atoms with Gasteiger partial charge in [0, 0.05) is 54.5 Å². The second-order valence-corrected chi connectivity index (χ2v) is 12.2. The predicted molar refractivity (Wildman–Crippen MR) is 160 cm³/mol. The van der Waals surface area contributed by atoms with E-state index in [4.69, 9.17) is 0 Å². The molecule has 3 aromatic heterocycles. The van der Waals surface area contributed by atoms with Crippen LogP contribution in [-0.4, -0.2) is 74.9 Å². The number of anilines is 1. The predicted octanol–water partition coefficient (Wildman–Crippen LogP) is 5.45. The topological polar surface area (TPSA) is 93.2 Å². The normalized spacial score (nSPS) is 15.2. The van der Waals surface area contributed by atoms with Crippen molar-refractivity contribution in [1.82, 2.24) is 24.3 Å². The fourth-order valence-corrected chi connectivity index (χ4v) is 6.68. The molecule has 0 amide bonds. The van der Waals surface area contributed by atoms with Crippen LogP contribution in [0.15, 0.2) is 24.3 Å². The summed E-state index contributed by atoms with van der Waals surface area (Å²) < 4.78 is 41.1. The average molecular weight is 600 g/mol. The van der Waals surface area contributed by atoms with Gasteiger partial charge in [-0.05, 0) is 62.7 Å². The van der Waals surface area contributed by atoms with Crippen LogP contribution in [0.4, 0.5) is 19.0 Å². The molecule has 1 saturated heterocycles. The molecule has 0 bridgehead atoms. The van der Waals surface area contributed by atoms with Crippen molar-refractivity contribution in [3.63, 3.8) is 0 Å². The molecule has 0 saturated carbocycles. The van der Waals surface area contributed by atoms with E-state index in [1.807, 2.05) is 6.07 Å². The van der Waals surface area contributed by atoms with Crippen LogP contribution < -0.4 is 5.32 Å². The number of likely N-dealkylation sites (N-methyl/N-ethyl adjacent to an activating group) is 1. The number of nitrogens with zero attached hydrogens (tertiary/aromatic N) is 6. The first kappa shape index (κ1) is 30.2. The van der Waals surface area contributed by atoms with Gasteiger partial charge in [0.25, 0.3) is 0 Å². The van der Waals surface area contributed by atoms with Crippen molar-refractivity contribution >= 4 is 38.3 Å². The zero-order valence-corrected chi connectivity index (χ0v) is 24.9. The number of hydrogen-bond donors (Lipinski definition) is 2. The monoisotopic (exact) mass is 599 g/mol. The number of nitriles is 1. The van der Waals surface area contributed by atoms with E-state index >= 15 is 0 Å². The zero-order valence-electron chi connectivity index (χ0n) is 24.1. The molecule has 0 spiro atoms. The number of aliphatic hydroxyl groups excluding tert-OH is 1. The fourth-order valence-electron chi connectivity index (χ4n) is 5.61. The lowest BCUT2D eigenvalue weighted by Gasteiger charge is -2.33. The summed E-state index contributed by atoms with van der Waals surface area (Å²) >= 11 is 0.990. The minimum absolute atomic E-state index is 0.105. The molecule has 1 fully saturated rings. The number of fused-ring (bicyclic) bond motifs is 2. The summed E-state index contributed by atoms with van der Waals surface area (Å²) in [7, 11) is 2.08. The Hall–Kier alpha value is -3.24. The Bertz CT molecular complexity index is 1600. The van der Waals surface area contributed by atoms with Gasteiger partial charge < -0.3 is 19.9 Å². The standard InChI is InChI=1S/C30H36F3N7OS/c1-4-38(3)11-12-40-22(16-34)13-24-19(2)20(5-6-26(24)40)17-39-9-7-21(8-10-39)35-28-25-14-23(15-30(31,32)33)42-29(25)37-27(18-41)36-28/h5-6,13-14,21,41H,4,7-12,15,17-18H2,1-3H3,(H,35,36,37). The molecule has 1 aromatic carbocycles. The highest BCUT2D eigenvalue weighted by molar-refractivity contribution is 7.18. The van der Waals surface area contributed by atoms with Crippen molar-refractivity contribution in [3.8, 4) is 6.07 Å². The molecule has 2 N–H and O–H groups in total. The van der Waals surface area contributed by atoms with E-state index in [9.17, 15) is 23.5 Å². The van der Waals surface area contributed by atoms with E-state index in [0.717, 1.165) is 74.3 Å². The van der Waals surface area contributed by atoms with Crippen molar-refractivity contribution in [1.29, 1.82) is 5.26 Å². The summed E-state index contributed by atoms with van der Waals surface area (Å²) in [6, 6.07) is 10.3. The van der Waals surface area contributed by atoms with Crippen molar-refractivity contribution in [2.45, 2.75) is 65.0 Å². The van der Waals surface area contributed by atoms with Crippen LogP contribution >= 0.6 is 11.3 Å². The van der Waals surface area contributed by atoms with Crippen molar-refractivity contribution in [3.05, 3.63) is 51.8 Å². The Morgan fingerprint density at radius 2 is 1.95 bits per heavy atom. The molecule has 0 aliphatic carbocycles. The van der Waals surface area contributed by atoms with Crippen molar-refractivity contribution < 1.29 is 18.3 Å². The maximum atomic E-state index is 13.0. The van der Waals surface area contributed by atoms with Crippen LogP contribution in [0.1, 0.15) is 47.3 Å². The summed E-state index contributed by atoms with van der Waals surface area (Å²) in [6.45, 7) is 8.98. The molecule has 4 aromatic rings. The van der Waals surface area contributed by atoms with E-state index < -0.39 is 12.6 Å². The Labute approximate surface area is 247 Å². The van der Waals surface area contributed by atoms with E-state index in [1.165, 1.54) is 17.2 Å². The number of likely N-dealkylation sites (tertiary alicyclic amines) is 1. The van der Waals surface area contributed by atoms with Crippen LogP contribution in [-0.2, 0) is 26.1 Å². The number of benzene rings is 1. The van der Waals surface area contributed by atoms with Gasteiger partial charge >= 0.3 is 6.18 Å². The molecule has 224 valence electrons. The van der Waals surface area contributed by atoms with E-state index in [-0.39, 0.29) is 23.4 Å². The van der Waals surface area contributed by atoms with Gasteiger partial charge in [-0.1, -0.05) is 13.0 Å². The van der Waals surface area contributed by atoms with Gasteiger partial charge in [-0.25, -0.2) is 9.97 Å². The quantitative estimate of drug-likeness (QED) is 0.250. The van der Waals surface area contributed by atoms with Gasteiger partial charge in [0.2, 0.25) is 0 Å². The summed E-state index contributed by atoms with van der Waals surface area (Å²) in [5.41, 5.74) is 4.20. The first-order valence-electron chi connectivity index (χ1n) is 14.2. The van der Waals surface area contributed by atoms with Gasteiger partial charge in [-0.3, -0.25) is 4.90 Å². The smallest absolute Gasteiger partial charge is 0.388 e. The van der Waals surface area contributed by atoms with Crippen LogP contribution in [0, 0.1) is 18.3 Å². The Morgan fingerprint density at radius 1 is 1.19 bits per heavy atom. The van der Waals surface area contributed by atoms with Crippen LogP contribution in [0.3, 0.4) is 0 Å². The number of alkyl halides is 3. The zero-order chi connectivity index (χ0) is 30.0. The molecule has 5 rings (SSSR count). The molecular weight excluding hydrogens is 563 g/mol. The second kappa shape index (κ2) is 12.6. The third-order valence-corrected chi connectivity index (χ3v) is 9.18. The number of nitrogens with one attached hydrogen (secondary N) is 1. The fraction of sp³-hybridized carbons (Fsp3) is 0.500. The summed E-state index contributed by atoms with van der Waals surface area (Å²) in [4.78, 5) is 13.9. The Balaban J connectivity index is 1.26. The Kier molecular flexibility index (Phi) is 9.03. The number of thiophene rings is 1. The summed E-state index contributed by atoms with van der Waals surface area (Å²) in [6.07, 6.45) is -3.61. The highest BCUT2D eigenvalue weighted by Crippen LogP contribution is 2.34. The first-order chi connectivity index (χ1) is 20.1. The second-order valence-electron chi connectivity index (χ2n) is 11.0. The number of aliphatic hydroxyl groups is 1. The van der Waals surface area contributed by atoms with Crippen molar-refractivity contribution in [2.75, 3.05) is 38.5 Å². The molecule has 1 aliphatic heterocycles.